The molecule has 6 heteroatoms. The molecule has 0 aliphatic heterocycles. The zero-order valence-electron chi connectivity index (χ0n) is 7.74. The summed E-state index contributed by atoms with van der Waals surface area (Å²) >= 11 is 0. The number of nitrogens with zero attached hydrogens (tertiary/aromatic N) is 3. The second kappa shape index (κ2) is 4.74. The van der Waals surface area contributed by atoms with Gasteiger partial charge in [-0.2, -0.15) is 0 Å². The molecular weight excluding hydrogens is 197 g/mol. The van der Waals surface area contributed by atoms with Crippen LogP contribution in [0, 0.1) is 17.7 Å². The van der Waals surface area contributed by atoms with E-state index in [4.69, 9.17) is 17.0 Å². The number of halogens is 1. The molecule has 76 valence electrons. The predicted octanol–water partition coefficient (Wildman–Crippen LogP) is 1.65. The van der Waals surface area contributed by atoms with Crippen LogP contribution in [0.2, 0.25) is 0 Å². The van der Waals surface area contributed by atoms with Gasteiger partial charge in [0.15, 0.2) is 0 Å². The molecule has 0 atom stereocenters. The van der Waals surface area contributed by atoms with Gasteiger partial charge in [-0.25, -0.2) is 4.39 Å². The number of hydrogen-bond donors (Lipinski definition) is 2. The normalized spacial score (nSPS) is 8.60. The van der Waals surface area contributed by atoms with E-state index in [1.807, 2.05) is 0 Å². The number of azide groups is 1. The van der Waals surface area contributed by atoms with Crippen molar-refractivity contribution in [3.8, 4) is 11.8 Å². The summed E-state index contributed by atoms with van der Waals surface area (Å²) in [5.74, 6) is 4.59. The molecule has 0 fully saturated rings. The van der Waals surface area contributed by atoms with Gasteiger partial charge in [0, 0.05) is 4.91 Å². The third-order valence-electron chi connectivity index (χ3n) is 1.61. The van der Waals surface area contributed by atoms with Crippen molar-refractivity contribution in [3.05, 3.63) is 34.0 Å². The van der Waals surface area contributed by atoms with Gasteiger partial charge >= 0.3 is 0 Å². The van der Waals surface area contributed by atoms with Gasteiger partial charge in [0.1, 0.15) is 5.82 Å². The Morgan fingerprint density at radius 3 is 2.87 bits per heavy atom. The smallest absolute Gasteiger partial charge is 0.126 e. The van der Waals surface area contributed by atoms with Gasteiger partial charge in [-0.05, 0) is 17.7 Å². The average molecular weight is 205 g/mol. The highest BCUT2D eigenvalue weighted by Crippen LogP contribution is 2.20. The van der Waals surface area contributed by atoms with Crippen LogP contribution in [-0.2, 0) is 0 Å². The lowest BCUT2D eigenvalue weighted by Crippen LogP contribution is -1.98. The Bertz CT molecular complexity index is 479. The van der Waals surface area contributed by atoms with E-state index in [0.717, 1.165) is 6.07 Å². The highest BCUT2D eigenvalue weighted by Gasteiger charge is 2.02. The molecule has 0 saturated heterocycles. The summed E-state index contributed by atoms with van der Waals surface area (Å²) in [4.78, 5) is 2.52. The summed E-state index contributed by atoms with van der Waals surface area (Å²) in [6.07, 6.45) is 0. The molecule has 0 aromatic heterocycles. The van der Waals surface area contributed by atoms with Gasteiger partial charge in [-0.1, -0.05) is 17.0 Å². The fraction of sp³-hybridized carbons (Fsp3) is 0.111. The Hall–Kier alpha value is -2.38. The van der Waals surface area contributed by atoms with Crippen LogP contribution in [0.4, 0.5) is 15.8 Å². The first kappa shape index (κ1) is 10.7. The number of nitrogens with two attached hydrogens (primary N) is 2. The molecule has 1 aromatic rings. The summed E-state index contributed by atoms with van der Waals surface area (Å²) in [5, 5.41) is 3.20. The minimum atomic E-state index is -0.505. The fourth-order valence-electron chi connectivity index (χ4n) is 0.944. The second-order valence-corrected chi connectivity index (χ2v) is 2.65. The lowest BCUT2D eigenvalue weighted by atomic mass is 10.1. The van der Waals surface area contributed by atoms with Crippen LogP contribution >= 0.6 is 0 Å². The highest BCUT2D eigenvalue weighted by molar-refractivity contribution is 5.71. The monoisotopic (exact) mass is 205 g/mol. The third-order valence-corrected chi connectivity index (χ3v) is 1.61. The molecule has 0 bridgehead atoms. The average Bonchev–Trinajstić information content (AvgIpc) is 2.19. The van der Waals surface area contributed by atoms with E-state index in [2.05, 4.69) is 21.9 Å². The van der Waals surface area contributed by atoms with Crippen LogP contribution in [0.5, 0.6) is 0 Å². The maximum absolute atomic E-state index is 12.9. The van der Waals surface area contributed by atoms with E-state index in [1.165, 1.54) is 6.07 Å². The molecule has 1 aromatic carbocycles. The molecule has 5 nitrogen and oxygen atoms in total. The molecule has 0 heterocycles. The van der Waals surface area contributed by atoms with E-state index in [0.29, 0.717) is 5.56 Å². The van der Waals surface area contributed by atoms with Crippen molar-refractivity contribution in [2.75, 3.05) is 18.0 Å². The largest absolute Gasteiger partial charge is 0.397 e. The van der Waals surface area contributed by atoms with E-state index >= 15 is 0 Å². The molecule has 0 amide bonds. The Balaban J connectivity index is 3.02. The Morgan fingerprint density at radius 2 is 2.20 bits per heavy atom. The zero-order chi connectivity index (χ0) is 11.3. The number of anilines is 2. The quantitative estimate of drug-likeness (QED) is 0.239. The minimum Gasteiger partial charge on any atom is -0.397 e. The van der Waals surface area contributed by atoms with Gasteiger partial charge in [-0.15, -0.1) is 0 Å². The van der Waals surface area contributed by atoms with Crippen molar-refractivity contribution in [1.29, 1.82) is 0 Å². The van der Waals surface area contributed by atoms with Crippen LogP contribution < -0.4 is 11.5 Å². The number of nitrogen functional groups attached to an aromatic ring is 2. The van der Waals surface area contributed by atoms with E-state index in [9.17, 15) is 4.39 Å². The fourth-order valence-corrected chi connectivity index (χ4v) is 0.944. The molecule has 0 saturated carbocycles. The Morgan fingerprint density at radius 1 is 1.47 bits per heavy atom. The first-order valence-corrected chi connectivity index (χ1v) is 3.99. The Kier molecular flexibility index (Phi) is 3.38. The van der Waals surface area contributed by atoms with Gasteiger partial charge < -0.3 is 11.5 Å². The summed E-state index contributed by atoms with van der Waals surface area (Å²) < 4.78 is 12.9. The van der Waals surface area contributed by atoms with Gasteiger partial charge in [-0.3, -0.25) is 0 Å². The van der Waals surface area contributed by atoms with Crippen molar-refractivity contribution in [3.63, 3.8) is 0 Å². The van der Waals surface area contributed by atoms with E-state index in [1.54, 1.807) is 0 Å². The topological polar surface area (TPSA) is 101 Å². The molecular formula is C9H8FN5. The van der Waals surface area contributed by atoms with Crippen molar-refractivity contribution in [2.24, 2.45) is 5.11 Å². The molecule has 4 N–H and O–H groups in total. The summed E-state index contributed by atoms with van der Waals surface area (Å²) in [5.41, 5.74) is 19.7. The number of rotatable bonds is 1. The predicted molar refractivity (Wildman–Crippen MR) is 56.1 cm³/mol. The van der Waals surface area contributed by atoms with Crippen molar-refractivity contribution >= 4 is 11.4 Å². The molecule has 0 unspecified atom stereocenters. The zero-order valence-corrected chi connectivity index (χ0v) is 7.74. The maximum Gasteiger partial charge on any atom is 0.126 e. The van der Waals surface area contributed by atoms with Crippen LogP contribution in [0.25, 0.3) is 10.4 Å². The van der Waals surface area contributed by atoms with Crippen molar-refractivity contribution < 1.29 is 4.39 Å². The molecule has 0 spiro atoms. The number of hydrogen-bond acceptors (Lipinski definition) is 3. The molecule has 15 heavy (non-hydrogen) atoms. The lowest BCUT2D eigenvalue weighted by Gasteiger charge is -2.02. The van der Waals surface area contributed by atoms with Crippen LogP contribution in [0.1, 0.15) is 5.56 Å². The maximum atomic E-state index is 12.9. The Labute approximate surface area is 85.5 Å². The van der Waals surface area contributed by atoms with Gasteiger partial charge in [0.25, 0.3) is 0 Å². The SMILES string of the molecule is [N-]=[N+]=NCC#Cc1cc(F)cc(N)c1N. The summed E-state index contributed by atoms with van der Waals surface area (Å²) in [7, 11) is 0. The first-order chi connectivity index (χ1) is 7.15. The van der Waals surface area contributed by atoms with E-state index < -0.39 is 5.82 Å². The van der Waals surface area contributed by atoms with Gasteiger partial charge in [0.05, 0.1) is 23.5 Å². The second-order valence-electron chi connectivity index (χ2n) is 2.65. The highest BCUT2D eigenvalue weighted by atomic mass is 19.1. The molecule has 0 aliphatic carbocycles. The van der Waals surface area contributed by atoms with Gasteiger partial charge in [0.2, 0.25) is 0 Å². The minimum absolute atomic E-state index is 0.00631. The molecule has 0 aliphatic rings. The molecule has 0 radical (unpaired) electrons. The van der Waals surface area contributed by atoms with E-state index in [-0.39, 0.29) is 17.9 Å². The summed E-state index contributed by atoms with van der Waals surface area (Å²) in [6.45, 7) is 0.00631. The van der Waals surface area contributed by atoms with Crippen LogP contribution in [-0.4, -0.2) is 6.54 Å². The standard InChI is InChI=1S/C9H8FN5/c10-7-4-6(2-1-3-14-15-13)9(12)8(11)5-7/h4-5H,3,11-12H2. The summed E-state index contributed by atoms with van der Waals surface area (Å²) in [6, 6.07) is 2.29. The van der Waals surface area contributed by atoms with Crippen molar-refractivity contribution in [2.45, 2.75) is 0 Å². The molecule has 1 rings (SSSR count). The number of benzene rings is 1. The van der Waals surface area contributed by atoms with Crippen molar-refractivity contribution in [1.82, 2.24) is 0 Å². The van der Waals surface area contributed by atoms with Crippen LogP contribution in [0.3, 0.4) is 0 Å². The van der Waals surface area contributed by atoms with Crippen LogP contribution in [0.15, 0.2) is 17.2 Å². The lowest BCUT2D eigenvalue weighted by molar-refractivity contribution is 0.628. The first-order valence-electron chi connectivity index (χ1n) is 3.99. The third kappa shape index (κ3) is 2.79.